The highest BCUT2D eigenvalue weighted by molar-refractivity contribution is 7.99. The molecule has 0 spiro atoms. The molecule has 0 saturated carbocycles. The first kappa shape index (κ1) is 18.3. The number of methoxy groups -OCH3 is 1. The Balaban J connectivity index is 1.69. The summed E-state index contributed by atoms with van der Waals surface area (Å²) in [6.45, 7) is 1.94. The Labute approximate surface area is 160 Å². The van der Waals surface area contributed by atoms with Crippen molar-refractivity contribution in [2.75, 3.05) is 18.2 Å². The van der Waals surface area contributed by atoms with Crippen molar-refractivity contribution in [1.82, 2.24) is 14.8 Å². The fourth-order valence-electron chi connectivity index (χ4n) is 2.35. The molecule has 0 bridgehead atoms. The quantitative estimate of drug-likeness (QED) is 0.647. The highest BCUT2D eigenvalue weighted by Gasteiger charge is 2.13. The number of hydrogen-bond donors (Lipinski definition) is 1. The lowest BCUT2D eigenvalue weighted by Crippen LogP contribution is -2.15. The summed E-state index contributed by atoms with van der Waals surface area (Å²) in [5.41, 5.74) is 2.44. The maximum Gasteiger partial charge on any atom is 0.234 e. The molecule has 0 aliphatic heterocycles. The van der Waals surface area contributed by atoms with Crippen molar-refractivity contribution in [3.05, 3.63) is 59.4 Å². The predicted octanol–water partition coefficient (Wildman–Crippen LogP) is 3.97. The Hall–Kier alpha value is -2.51. The number of carbonyl (C=O) groups is 1. The van der Waals surface area contributed by atoms with Crippen molar-refractivity contribution >= 4 is 35.0 Å². The first-order chi connectivity index (χ1) is 12.6. The van der Waals surface area contributed by atoms with Gasteiger partial charge in [-0.2, -0.15) is 0 Å². The Bertz CT molecular complexity index is 929. The van der Waals surface area contributed by atoms with Crippen molar-refractivity contribution in [3.8, 4) is 11.4 Å². The fraction of sp³-hybridized carbons (Fsp3) is 0.167. The second-order valence-corrected chi connectivity index (χ2v) is 6.83. The molecule has 1 N–H and O–H groups in total. The molecule has 26 heavy (non-hydrogen) atoms. The van der Waals surface area contributed by atoms with Gasteiger partial charge < -0.3 is 10.1 Å². The molecule has 1 amide bonds. The number of nitrogens with one attached hydrogen (secondary N) is 1. The molecular formula is C18H17ClN4O2S. The Morgan fingerprint density at radius 3 is 2.88 bits per heavy atom. The number of hydrogen-bond acceptors (Lipinski definition) is 5. The van der Waals surface area contributed by atoms with Crippen LogP contribution in [-0.2, 0) is 4.79 Å². The van der Waals surface area contributed by atoms with Gasteiger partial charge in [-0.05, 0) is 36.8 Å². The molecule has 0 aliphatic carbocycles. The van der Waals surface area contributed by atoms with Crippen LogP contribution in [0.4, 0.5) is 5.69 Å². The van der Waals surface area contributed by atoms with Gasteiger partial charge in [0.05, 0.1) is 29.3 Å². The zero-order chi connectivity index (χ0) is 18.5. The third-order valence-electron chi connectivity index (χ3n) is 3.59. The minimum absolute atomic E-state index is 0.171. The number of ether oxygens (including phenoxy) is 1. The molecule has 0 radical (unpaired) electrons. The summed E-state index contributed by atoms with van der Waals surface area (Å²) >= 11 is 7.43. The summed E-state index contributed by atoms with van der Waals surface area (Å²) < 4.78 is 7.16. The van der Waals surface area contributed by atoms with Crippen LogP contribution < -0.4 is 10.1 Å². The molecule has 3 rings (SSSR count). The molecule has 0 aliphatic rings. The predicted molar refractivity (Wildman–Crippen MR) is 103 cm³/mol. The van der Waals surface area contributed by atoms with Gasteiger partial charge in [-0.1, -0.05) is 41.6 Å². The van der Waals surface area contributed by atoms with E-state index in [0.29, 0.717) is 21.6 Å². The number of aromatic nitrogens is 3. The summed E-state index contributed by atoms with van der Waals surface area (Å²) in [5, 5.41) is 12.0. The molecular weight excluding hydrogens is 372 g/mol. The van der Waals surface area contributed by atoms with Gasteiger partial charge in [0.15, 0.2) is 5.16 Å². The molecule has 3 aromatic rings. The Morgan fingerprint density at radius 1 is 1.31 bits per heavy atom. The third kappa shape index (κ3) is 4.17. The van der Waals surface area contributed by atoms with E-state index >= 15 is 0 Å². The summed E-state index contributed by atoms with van der Waals surface area (Å²) in [6.07, 6.45) is 1.59. The number of carbonyl (C=O) groups excluding carboxylic acids is 1. The zero-order valence-electron chi connectivity index (χ0n) is 14.3. The maximum absolute atomic E-state index is 12.2. The SMILES string of the molecule is COc1ccccc1-n1cnnc1SCC(=O)Nc1ccc(C)cc1Cl. The van der Waals surface area contributed by atoms with Crippen LogP contribution >= 0.6 is 23.4 Å². The van der Waals surface area contributed by atoms with Gasteiger partial charge in [-0.3, -0.25) is 9.36 Å². The van der Waals surface area contributed by atoms with E-state index in [-0.39, 0.29) is 11.7 Å². The number of amides is 1. The fourth-order valence-corrected chi connectivity index (χ4v) is 3.36. The second kappa shape index (κ2) is 8.25. The molecule has 0 fully saturated rings. The number of thioether (sulfide) groups is 1. The van der Waals surface area contributed by atoms with Gasteiger partial charge in [0, 0.05) is 0 Å². The summed E-state index contributed by atoms with van der Waals surface area (Å²) in [4.78, 5) is 12.2. The van der Waals surface area contributed by atoms with Crippen LogP contribution in [0.15, 0.2) is 53.9 Å². The first-order valence-corrected chi connectivity index (χ1v) is 9.17. The molecule has 1 heterocycles. The minimum Gasteiger partial charge on any atom is -0.495 e. The summed E-state index contributed by atoms with van der Waals surface area (Å²) in [7, 11) is 1.61. The van der Waals surface area contributed by atoms with Crippen molar-refractivity contribution in [2.45, 2.75) is 12.1 Å². The third-order valence-corrected chi connectivity index (χ3v) is 4.85. The van der Waals surface area contributed by atoms with Crippen molar-refractivity contribution in [3.63, 3.8) is 0 Å². The monoisotopic (exact) mass is 388 g/mol. The molecule has 134 valence electrons. The summed E-state index contributed by atoms with van der Waals surface area (Å²) in [5.74, 6) is 0.707. The number of benzene rings is 2. The zero-order valence-corrected chi connectivity index (χ0v) is 15.8. The highest BCUT2D eigenvalue weighted by Crippen LogP contribution is 2.27. The largest absolute Gasteiger partial charge is 0.495 e. The van der Waals surface area contributed by atoms with Gasteiger partial charge in [-0.15, -0.1) is 10.2 Å². The van der Waals surface area contributed by atoms with Crippen LogP contribution in [0.5, 0.6) is 5.75 Å². The van der Waals surface area contributed by atoms with E-state index in [1.54, 1.807) is 24.1 Å². The Kier molecular flexibility index (Phi) is 5.80. The van der Waals surface area contributed by atoms with Crippen LogP contribution in [0.2, 0.25) is 5.02 Å². The standard InChI is InChI=1S/C18H17ClN4O2S/c1-12-7-8-14(13(19)9-12)21-17(24)10-26-18-22-20-11-23(18)15-5-3-4-6-16(15)25-2/h3-9,11H,10H2,1-2H3,(H,21,24). The number of halogens is 1. The van der Waals surface area contributed by atoms with Crippen molar-refractivity contribution in [1.29, 1.82) is 0 Å². The van der Waals surface area contributed by atoms with E-state index in [1.165, 1.54) is 11.8 Å². The number of rotatable bonds is 6. The van der Waals surface area contributed by atoms with Crippen LogP contribution in [0.3, 0.4) is 0 Å². The van der Waals surface area contributed by atoms with Crippen LogP contribution in [-0.4, -0.2) is 33.5 Å². The number of nitrogens with zero attached hydrogens (tertiary/aromatic N) is 3. The molecule has 6 nitrogen and oxygen atoms in total. The van der Waals surface area contributed by atoms with Gasteiger partial charge in [0.25, 0.3) is 0 Å². The molecule has 0 saturated heterocycles. The van der Waals surface area contributed by atoms with E-state index in [4.69, 9.17) is 16.3 Å². The normalized spacial score (nSPS) is 10.6. The van der Waals surface area contributed by atoms with Gasteiger partial charge in [-0.25, -0.2) is 0 Å². The highest BCUT2D eigenvalue weighted by atomic mass is 35.5. The average molecular weight is 389 g/mol. The maximum atomic E-state index is 12.2. The van der Waals surface area contributed by atoms with Gasteiger partial charge in [0.1, 0.15) is 12.1 Å². The lowest BCUT2D eigenvalue weighted by Gasteiger charge is -2.11. The smallest absolute Gasteiger partial charge is 0.234 e. The van der Waals surface area contributed by atoms with Gasteiger partial charge in [0.2, 0.25) is 5.91 Å². The minimum atomic E-state index is -0.171. The van der Waals surface area contributed by atoms with E-state index in [0.717, 1.165) is 11.3 Å². The van der Waals surface area contributed by atoms with E-state index in [2.05, 4.69) is 15.5 Å². The van der Waals surface area contributed by atoms with Gasteiger partial charge >= 0.3 is 0 Å². The number of para-hydroxylation sites is 2. The van der Waals surface area contributed by atoms with E-state index in [1.807, 2.05) is 43.3 Å². The molecule has 0 atom stereocenters. The van der Waals surface area contributed by atoms with E-state index in [9.17, 15) is 4.79 Å². The summed E-state index contributed by atoms with van der Waals surface area (Å²) in [6, 6.07) is 13.0. The average Bonchev–Trinajstić information content (AvgIpc) is 3.10. The van der Waals surface area contributed by atoms with E-state index < -0.39 is 0 Å². The first-order valence-electron chi connectivity index (χ1n) is 7.80. The Morgan fingerprint density at radius 2 is 2.12 bits per heavy atom. The topological polar surface area (TPSA) is 69.0 Å². The molecule has 0 unspecified atom stereocenters. The van der Waals surface area contributed by atoms with Crippen LogP contribution in [0, 0.1) is 6.92 Å². The molecule has 2 aromatic carbocycles. The number of anilines is 1. The molecule has 8 heteroatoms. The molecule has 1 aromatic heterocycles. The number of aryl methyl sites for hydroxylation is 1. The lowest BCUT2D eigenvalue weighted by molar-refractivity contribution is -0.113. The van der Waals surface area contributed by atoms with Crippen molar-refractivity contribution < 1.29 is 9.53 Å². The van der Waals surface area contributed by atoms with Crippen LogP contribution in [0.1, 0.15) is 5.56 Å². The second-order valence-electron chi connectivity index (χ2n) is 5.48. The van der Waals surface area contributed by atoms with Crippen molar-refractivity contribution in [2.24, 2.45) is 0 Å². The lowest BCUT2D eigenvalue weighted by atomic mass is 10.2. The van der Waals surface area contributed by atoms with Crippen LogP contribution in [0.25, 0.3) is 5.69 Å².